The number of fused-ring (bicyclic) bond motifs is 4. The van der Waals surface area contributed by atoms with Crippen LogP contribution in [0.2, 0.25) is 0 Å². The largest absolute Gasteiger partial charge is 0.455 e. The van der Waals surface area contributed by atoms with Crippen molar-refractivity contribution in [3.05, 3.63) is 74.4 Å². The van der Waals surface area contributed by atoms with Crippen molar-refractivity contribution in [2.45, 2.75) is 457 Å². The van der Waals surface area contributed by atoms with Crippen LogP contribution in [0.15, 0.2) is 74.4 Å². The third-order valence-electron chi connectivity index (χ3n) is 48.3. The van der Waals surface area contributed by atoms with Crippen LogP contribution in [0.4, 0.5) is 0 Å². The summed E-state index contributed by atoms with van der Waals surface area (Å²) in [6, 6.07) is 0. The van der Waals surface area contributed by atoms with Crippen LogP contribution >= 0.6 is 0 Å². The molecule has 28 bridgehead atoms. The molecule has 12 nitrogen and oxygen atoms in total. The summed E-state index contributed by atoms with van der Waals surface area (Å²) in [7, 11) is 0. The summed E-state index contributed by atoms with van der Waals surface area (Å²) in [6.45, 7) is 50.5. The molecule has 141 heavy (non-hydrogen) atoms. The zero-order valence-corrected chi connectivity index (χ0v) is 91.2. The zero-order chi connectivity index (χ0) is 99.4. The Hall–Kier alpha value is -4.74. The van der Waals surface area contributed by atoms with Crippen molar-refractivity contribution in [3.63, 3.8) is 0 Å². The van der Waals surface area contributed by atoms with E-state index in [1.54, 1.807) is 13.8 Å². The highest BCUT2D eigenvalue weighted by Crippen LogP contribution is 2.74. The van der Waals surface area contributed by atoms with Gasteiger partial charge in [-0.2, -0.15) is 0 Å². The minimum absolute atomic E-state index is 0.113. The van der Waals surface area contributed by atoms with Gasteiger partial charge in [-0.05, 0) is 503 Å². The number of esters is 6. The maximum absolute atomic E-state index is 12.6. The van der Waals surface area contributed by atoms with Gasteiger partial charge in [-0.1, -0.05) is 173 Å². The Kier molecular flexibility index (Phi) is 31.6. The molecule has 0 aromatic rings. The summed E-state index contributed by atoms with van der Waals surface area (Å²) < 4.78 is 38.4. The van der Waals surface area contributed by atoms with Crippen molar-refractivity contribution in [2.24, 2.45) is 237 Å². The van der Waals surface area contributed by atoms with Crippen LogP contribution in [0.3, 0.4) is 0 Å². The molecular formula is C129H198O12. The van der Waals surface area contributed by atoms with Crippen LogP contribution in [-0.2, 0) is 57.2 Å². The Labute approximate surface area is 856 Å². The van der Waals surface area contributed by atoms with E-state index in [1.807, 2.05) is 34.6 Å². The first-order valence-electron chi connectivity index (χ1n) is 61.1. The van der Waals surface area contributed by atoms with Crippen molar-refractivity contribution in [1.82, 2.24) is 0 Å². The van der Waals surface area contributed by atoms with Crippen LogP contribution in [0.5, 0.6) is 0 Å². The second-order valence-corrected chi connectivity index (χ2v) is 55.4. The average Bonchev–Trinajstić information content (AvgIpc) is 1.52. The molecule has 0 aromatic carbocycles. The molecule has 12 heteroatoms. The second-order valence-electron chi connectivity index (χ2n) is 55.4. The number of hydrogen-bond donors (Lipinski definition) is 0. The SMILES string of the molecule is C=C(C)C(=O)OC1(C2CC3CC2CC3C)C2CC3CC(C2)CC1C3.C=C(C)C(=O)OC1(C2CCCC(C)C2C)C2CC3CC(C2)CC1C3.C=C(C)C(=O)OC1(C2CCCCC2)C2CC3CC(C2)CC1C3.C=CC(=O)OC1(C2CC3CC2CC3C)C2CC3CC(C2)CC1C3.C=CC(=O)OC1(C2CCCC(C)C2C)C2CC3CC(C2)CC1C3.C=CC(=O)OC1(C2CCCCC2)C2CC3CC(C2)CC1C3.CC.CC. The van der Waals surface area contributed by atoms with Gasteiger partial charge in [-0.25, -0.2) is 28.8 Å². The summed E-state index contributed by atoms with van der Waals surface area (Å²) >= 11 is 0. The molecule has 0 aliphatic heterocycles. The molecule has 0 saturated heterocycles. The molecule has 32 fully saturated rings. The van der Waals surface area contributed by atoms with Crippen molar-refractivity contribution < 1.29 is 57.2 Å². The highest BCUT2D eigenvalue weighted by molar-refractivity contribution is 5.88. The van der Waals surface area contributed by atoms with Crippen LogP contribution in [0, 0.1) is 237 Å². The molecule has 0 spiro atoms. The van der Waals surface area contributed by atoms with E-state index >= 15 is 0 Å². The molecule has 0 aromatic heterocycles. The summed E-state index contributed by atoms with van der Waals surface area (Å²) in [5.41, 5.74) is 0.845. The highest BCUT2D eigenvalue weighted by Gasteiger charge is 2.72. The minimum atomic E-state index is -0.183. The molecule has 32 saturated carbocycles. The smallest absolute Gasteiger partial charge is 0.333 e. The normalized spacial score (nSPS) is 49.0. The van der Waals surface area contributed by atoms with E-state index in [0.717, 1.165) is 118 Å². The molecule has 0 N–H and O–H groups in total. The molecule has 32 aliphatic rings. The summed E-state index contributed by atoms with van der Waals surface area (Å²) in [4.78, 5) is 74.5. The maximum Gasteiger partial charge on any atom is 0.333 e. The highest BCUT2D eigenvalue weighted by atomic mass is 16.6. The monoisotopic (exact) mass is 1940 g/mol. The van der Waals surface area contributed by atoms with Gasteiger partial charge in [0.1, 0.15) is 33.6 Å². The van der Waals surface area contributed by atoms with E-state index in [0.29, 0.717) is 135 Å². The van der Waals surface area contributed by atoms with E-state index in [4.69, 9.17) is 28.4 Å². The first-order chi connectivity index (χ1) is 67.8. The predicted molar refractivity (Wildman–Crippen MR) is 564 cm³/mol. The second kappa shape index (κ2) is 42.6. The van der Waals surface area contributed by atoms with Gasteiger partial charge in [0, 0.05) is 58.6 Å². The lowest BCUT2D eigenvalue weighted by atomic mass is 9.45. The van der Waals surface area contributed by atoms with Crippen LogP contribution in [0.1, 0.15) is 424 Å². The fourth-order valence-corrected chi connectivity index (χ4v) is 43.9. The fourth-order valence-electron chi connectivity index (χ4n) is 43.9. The van der Waals surface area contributed by atoms with Gasteiger partial charge in [-0.3, -0.25) is 0 Å². The lowest BCUT2D eigenvalue weighted by Crippen LogP contribution is -2.65. The van der Waals surface area contributed by atoms with E-state index < -0.39 is 0 Å². The standard InChI is InChI=1S/C22H32O2.C22H34O2.C21H30O2.C21H32O2.C20H30O2.C19H28O2.2C2H6/c1-12(2)21(23)24-22(20-11-16-10-17(20)4-13(16)3)18-6-14-5-15(8-18)9-19(22)7-14;1-13(2)21(23)24-22(20-7-5-6-14(3)15(20)4)18-9-16-8-17(11-18)12-19(22)10-16;1-3-20(22)23-21(19-11-15-10-16(19)4-12(15)2)17-6-13-5-14(8-17)9-18(21)7-13;1-4-20(22)23-21(19-7-5-6-13(2)14(19)3)17-9-15-8-16(11-17)12-18(21)10-15;1-13(2)19(21)22-20(16-6-4-3-5-7-16)17-9-14-8-15(11-17)12-18(20)10-14;1-2-18(20)21-19(15-6-4-3-5-7-15)16-9-13-8-14(11-16)12-17(19)10-13;2*1-2/h13-20H,1,4-11H2,2-3H3;14-20H,1,5-12H2,2-4H3;3,12-19H,1,4-11H2,2H3;4,13-19H,1,5-12H2,2-3H3;14-18H,1,3-12H2,2H3;2,13-17H,1,3-12H2;2*1-2H3. The van der Waals surface area contributed by atoms with Crippen LogP contribution in [-0.4, -0.2) is 69.4 Å². The third kappa shape index (κ3) is 19.0. The van der Waals surface area contributed by atoms with Gasteiger partial charge < -0.3 is 28.4 Å². The Morgan fingerprint density at radius 1 is 0.213 bits per heavy atom. The van der Waals surface area contributed by atoms with Crippen molar-refractivity contribution in [1.29, 1.82) is 0 Å². The lowest BCUT2D eigenvalue weighted by Gasteiger charge is -2.64. The van der Waals surface area contributed by atoms with Crippen LogP contribution in [0.25, 0.3) is 0 Å². The first kappa shape index (κ1) is 105. The molecule has 14 unspecified atom stereocenters. The number of carbonyl (C=O) groups is 6. The quantitative estimate of drug-likeness (QED) is 0.0728. The van der Waals surface area contributed by atoms with E-state index in [-0.39, 0.29) is 69.4 Å². The molecule has 0 amide bonds. The predicted octanol–water partition coefficient (Wildman–Crippen LogP) is 31.4. The Morgan fingerprint density at radius 2 is 0.418 bits per heavy atom. The zero-order valence-electron chi connectivity index (χ0n) is 91.2. The van der Waals surface area contributed by atoms with Gasteiger partial charge in [-0.15, -0.1) is 0 Å². The summed E-state index contributed by atoms with van der Waals surface area (Å²) in [5, 5.41) is 0. The Balaban J connectivity index is 0.000000107. The molecule has 14 atom stereocenters. The molecule has 32 aliphatic carbocycles. The van der Waals surface area contributed by atoms with Gasteiger partial charge in [0.05, 0.1) is 0 Å². The Morgan fingerprint density at radius 3 is 0.638 bits per heavy atom. The first-order valence-corrected chi connectivity index (χ1v) is 61.1. The molecule has 32 rings (SSSR count). The fraction of sp³-hybridized carbons (Fsp3) is 0.860. The summed E-state index contributed by atoms with van der Waals surface area (Å²) in [6.07, 6.45) is 73.4. The van der Waals surface area contributed by atoms with Crippen molar-refractivity contribution in [3.8, 4) is 0 Å². The van der Waals surface area contributed by atoms with E-state index in [2.05, 4.69) is 81.0 Å². The van der Waals surface area contributed by atoms with Gasteiger partial charge >= 0.3 is 35.8 Å². The number of rotatable bonds is 18. The lowest BCUT2D eigenvalue weighted by molar-refractivity contribution is -0.238. The average molecular weight is 1940 g/mol. The van der Waals surface area contributed by atoms with Crippen molar-refractivity contribution >= 4 is 35.8 Å². The van der Waals surface area contributed by atoms with Crippen molar-refractivity contribution in [2.75, 3.05) is 0 Å². The molecule has 0 heterocycles. The minimum Gasteiger partial charge on any atom is -0.455 e. The van der Waals surface area contributed by atoms with Gasteiger partial charge in [0.25, 0.3) is 0 Å². The van der Waals surface area contributed by atoms with E-state index in [9.17, 15) is 28.8 Å². The number of hydrogen-bond acceptors (Lipinski definition) is 12. The molecular weight excluding hydrogens is 1740 g/mol. The maximum atomic E-state index is 12.6. The third-order valence-corrected chi connectivity index (χ3v) is 48.3. The topological polar surface area (TPSA) is 158 Å². The number of carbonyl (C=O) groups excluding carboxylic acids is 6. The van der Waals surface area contributed by atoms with Crippen LogP contribution < -0.4 is 0 Å². The molecule has 0 radical (unpaired) electrons. The Bertz CT molecular complexity index is 4290. The summed E-state index contributed by atoms with van der Waals surface area (Å²) in [5.74, 6) is 29.3. The van der Waals surface area contributed by atoms with E-state index in [1.165, 1.54) is 352 Å². The number of ether oxygens (including phenoxy) is 6. The van der Waals surface area contributed by atoms with Gasteiger partial charge in [0.2, 0.25) is 0 Å². The van der Waals surface area contributed by atoms with Gasteiger partial charge in [0.15, 0.2) is 0 Å². The molecule has 786 valence electrons.